The van der Waals surface area contributed by atoms with Crippen molar-refractivity contribution >= 4 is 51.9 Å². The van der Waals surface area contributed by atoms with E-state index in [1.54, 1.807) is 23.9 Å². The first-order chi connectivity index (χ1) is 13.0. The van der Waals surface area contributed by atoms with Gasteiger partial charge in [-0.25, -0.2) is 0 Å². The zero-order chi connectivity index (χ0) is 19.3. The third kappa shape index (κ3) is 4.59. The molecule has 0 saturated carbocycles. The van der Waals surface area contributed by atoms with Gasteiger partial charge in [-0.15, -0.1) is 23.1 Å². The molecule has 0 bridgehead atoms. The van der Waals surface area contributed by atoms with Crippen LogP contribution < -0.4 is 10.6 Å². The molecule has 2 aromatic heterocycles. The zero-order valence-electron chi connectivity index (χ0n) is 14.5. The van der Waals surface area contributed by atoms with Crippen LogP contribution in [-0.2, 0) is 15.2 Å². The summed E-state index contributed by atoms with van der Waals surface area (Å²) in [4.78, 5) is 26.1. The third-order valence-corrected chi connectivity index (χ3v) is 6.40. The Bertz CT molecular complexity index is 874. The number of hydrogen-bond donors (Lipinski definition) is 3. The SMILES string of the molecule is CSc1cccc(NC(=O)C(=O)NCC(O)(c2ccsc2)c2cccs2)c1. The third-order valence-electron chi connectivity index (χ3n) is 3.97. The van der Waals surface area contributed by atoms with Gasteiger partial charge >= 0.3 is 11.8 Å². The average molecular weight is 419 g/mol. The molecule has 8 heteroatoms. The summed E-state index contributed by atoms with van der Waals surface area (Å²) >= 11 is 4.40. The van der Waals surface area contributed by atoms with E-state index in [-0.39, 0.29) is 6.54 Å². The second-order valence-corrected chi connectivity index (χ2v) is 8.33. The number of aliphatic hydroxyl groups is 1. The molecule has 1 atom stereocenters. The highest BCUT2D eigenvalue weighted by Crippen LogP contribution is 2.33. The van der Waals surface area contributed by atoms with Crippen LogP contribution in [0.5, 0.6) is 0 Å². The Balaban J connectivity index is 1.68. The molecular weight excluding hydrogens is 400 g/mol. The number of amides is 2. The van der Waals surface area contributed by atoms with E-state index in [2.05, 4.69) is 10.6 Å². The van der Waals surface area contributed by atoms with Crippen LogP contribution in [0.4, 0.5) is 5.69 Å². The van der Waals surface area contributed by atoms with E-state index < -0.39 is 17.4 Å². The molecule has 3 rings (SSSR count). The summed E-state index contributed by atoms with van der Waals surface area (Å²) in [5.74, 6) is -1.57. The molecule has 2 amide bonds. The highest BCUT2D eigenvalue weighted by Gasteiger charge is 2.34. The molecule has 140 valence electrons. The van der Waals surface area contributed by atoms with E-state index in [0.717, 1.165) is 4.90 Å². The predicted molar refractivity (Wildman–Crippen MR) is 111 cm³/mol. The number of anilines is 1. The first kappa shape index (κ1) is 19.6. The summed E-state index contributed by atoms with van der Waals surface area (Å²) in [6, 6.07) is 12.7. The van der Waals surface area contributed by atoms with Gasteiger partial charge in [0.2, 0.25) is 0 Å². The van der Waals surface area contributed by atoms with Crippen LogP contribution in [-0.4, -0.2) is 29.7 Å². The zero-order valence-corrected chi connectivity index (χ0v) is 16.9. The average Bonchev–Trinajstić information content (AvgIpc) is 3.40. The van der Waals surface area contributed by atoms with Crippen LogP contribution in [0.1, 0.15) is 10.4 Å². The van der Waals surface area contributed by atoms with Crippen molar-refractivity contribution in [3.63, 3.8) is 0 Å². The number of carbonyl (C=O) groups excluding carboxylic acids is 2. The summed E-state index contributed by atoms with van der Waals surface area (Å²) in [7, 11) is 0. The van der Waals surface area contributed by atoms with E-state index in [4.69, 9.17) is 0 Å². The monoisotopic (exact) mass is 418 g/mol. The fourth-order valence-electron chi connectivity index (χ4n) is 2.52. The summed E-state index contributed by atoms with van der Waals surface area (Å²) < 4.78 is 0. The van der Waals surface area contributed by atoms with Crippen LogP contribution in [0.15, 0.2) is 63.5 Å². The molecule has 0 fully saturated rings. The largest absolute Gasteiger partial charge is 0.378 e. The Morgan fingerprint density at radius 3 is 2.67 bits per heavy atom. The van der Waals surface area contributed by atoms with E-state index in [0.29, 0.717) is 16.1 Å². The van der Waals surface area contributed by atoms with Gasteiger partial charge in [0.15, 0.2) is 0 Å². The molecule has 1 aromatic carbocycles. The molecule has 0 aliphatic carbocycles. The lowest BCUT2D eigenvalue weighted by atomic mass is 9.94. The summed E-state index contributed by atoms with van der Waals surface area (Å²) in [5.41, 5.74) is -0.139. The normalized spacial score (nSPS) is 13.0. The molecule has 3 aromatic rings. The van der Waals surface area contributed by atoms with Crippen LogP contribution in [0, 0.1) is 0 Å². The smallest absolute Gasteiger partial charge is 0.313 e. The van der Waals surface area contributed by atoms with Crippen LogP contribution in [0.2, 0.25) is 0 Å². The topological polar surface area (TPSA) is 78.4 Å². The second-order valence-electron chi connectivity index (χ2n) is 5.72. The summed E-state index contributed by atoms with van der Waals surface area (Å²) in [6.45, 7) is -0.0959. The molecule has 5 nitrogen and oxygen atoms in total. The molecule has 0 aliphatic heterocycles. The molecule has 2 heterocycles. The van der Waals surface area contributed by atoms with Gasteiger partial charge in [-0.05, 0) is 52.7 Å². The van der Waals surface area contributed by atoms with Crippen molar-refractivity contribution in [1.82, 2.24) is 5.32 Å². The van der Waals surface area contributed by atoms with Gasteiger partial charge < -0.3 is 15.7 Å². The Morgan fingerprint density at radius 2 is 2.00 bits per heavy atom. The Hall–Kier alpha value is -2.13. The molecule has 3 N–H and O–H groups in total. The molecule has 1 unspecified atom stereocenters. The molecular formula is C19H18N2O3S3. The summed E-state index contributed by atoms with van der Waals surface area (Å²) in [5, 5.41) is 21.9. The van der Waals surface area contributed by atoms with E-state index in [1.807, 2.05) is 52.7 Å². The first-order valence-corrected chi connectivity index (χ1v) is 11.1. The Labute approximate surface area is 169 Å². The van der Waals surface area contributed by atoms with Gasteiger partial charge in [-0.3, -0.25) is 9.59 Å². The maximum Gasteiger partial charge on any atom is 0.313 e. The quantitative estimate of drug-likeness (QED) is 0.423. The standard InChI is InChI=1S/C19H18N2O3S3/c1-25-15-5-2-4-14(10-15)21-18(23)17(22)20-12-19(24,13-7-9-26-11-13)16-6-3-8-27-16/h2-11,24H,12H2,1H3,(H,20,22)(H,21,23). The number of nitrogens with one attached hydrogen (secondary N) is 2. The number of thiophene rings is 2. The number of carbonyl (C=O) groups is 2. The highest BCUT2D eigenvalue weighted by molar-refractivity contribution is 7.98. The van der Waals surface area contributed by atoms with Gasteiger partial charge in [0.25, 0.3) is 0 Å². The van der Waals surface area contributed by atoms with Crippen molar-refractivity contribution < 1.29 is 14.7 Å². The van der Waals surface area contributed by atoms with E-state index in [9.17, 15) is 14.7 Å². The molecule has 0 spiro atoms. The van der Waals surface area contributed by atoms with Gasteiger partial charge in [-0.1, -0.05) is 12.1 Å². The van der Waals surface area contributed by atoms with Crippen molar-refractivity contribution in [2.24, 2.45) is 0 Å². The van der Waals surface area contributed by atoms with Crippen molar-refractivity contribution in [3.05, 3.63) is 69.0 Å². The number of thioether (sulfide) groups is 1. The minimum Gasteiger partial charge on any atom is -0.378 e. The number of hydrogen-bond acceptors (Lipinski definition) is 6. The van der Waals surface area contributed by atoms with Crippen molar-refractivity contribution in [3.8, 4) is 0 Å². The Kier molecular flexibility index (Phi) is 6.33. The lowest BCUT2D eigenvalue weighted by molar-refractivity contribution is -0.136. The van der Waals surface area contributed by atoms with Crippen LogP contribution in [0.25, 0.3) is 0 Å². The molecule has 0 radical (unpaired) electrons. The first-order valence-electron chi connectivity index (χ1n) is 8.05. The maximum atomic E-state index is 12.3. The fourth-order valence-corrected chi connectivity index (χ4v) is 4.55. The number of benzene rings is 1. The minimum absolute atomic E-state index is 0.0959. The molecule has 27 heavy (non-hydrogen) atoms. The van der Waals surface area contributed by atoms with Gasteiger partial charge in [-0.2, -0.15) is 11.3 Å². The Morgan fingerprint density at radius 1 is 1.15 bits per heavy atom. The lowest BCUT2D eigenvalue weighted by Gasteiger charge is -2.26. The minimum atomic E-state index is -1.37. The van der Waals surface area contributed by atoms with Crippen molar-refractivity contribution in [1.29, 1.82) is 0 Å². The van der Waals surface area contributed by atoms with Crippen LogP contribution >= 0.6 is 34.4 Å². The van der Waals surface area contributed by atoms with Gasteiger partial charge in [0.05, 0.1) is 6.54 Å². The molecule has 0 aliphatic rings. The van der Waals surface area contributed by atoms with Crippen molar-refractivity contribution in [2.45, 2.75) is 10.5 Å². The second kappa shape index (κ2) is 8.71. The summed E-state index contributed by atoms with van der Waals surface area (Å²) in [6.07, 6.45) is 1.93. The van der Waals surface area contributed by atoms with E-state index in [1.165, 1.54) is 22.7 Å². The lowest BCUT2D eigenvalue weighted by Crippen LogP contribution is -2.44. The van der Waals surface area contributed by atoms with Crippen molar-refractivity contribution in [2.75, 3.05) is 18.1 Å². The van der Waals surface area contributed by atoms with E-state index >= 15 is 0 Å². The maximum absolute atomic E-state index is 12.3. The van der Waals surface area contributed by atoms with Gasteiger partial charge in [0.1, 0.15) is 5.60 Å². The fraction of sp³-hybridized carbons (Fsp3) is 0.158. The highest BCUT2D eigenvalue weighted by atomic mass is 32.2. The predicted octanol–water partition coefficient (Wildman–Crippen LogP) is 3.52. The van der Waals surface area contributed by atoms with Gasteiger partial charge in [0, 0.05) is 21.0 Å². The molecule has 0 saturated heterocycles. The van der Waals surface area contributed by atoms with Crippen LogP contribution in [0.3, 0.4) is 0 Å². The number of rotatable bonds is 6.